The topological polar surface area (TPSA) is 40.5 Å². The highest BCUT2D eigenvalue weighted by Gasteiger charge is 2.66. The van der Waals surface area contributed by atoms with Crippen molar-refractivity contribution in [1.82, 2.24) is 0 Å². The van der Waals surface area contributed by atoms with E-state index in [4.69, 9.17) is 0 Å². The molecule has 0 aliphatic heterocycles. The summed E-state index contributed by atoms with van der Waals surface area (Å²) >= 11 is 7.74. The quantitative estimate of drug-likeness (QED) is 0.451. The second-order valence-corrected chi connectivity index (χ2v) is 11.0. The van der Waals surface area contributed by atoms with Gasteiger partial charge in [0.05, 0.1) is 11.7 Å². The van der Waals surface area contributed by atoms with Gasteiger partial charge in [-0.1, -0.05) is 64.8 Å². The van der Waals surface area contributed by atoms with Crippen molar-refractivity contribution in [3.05, 3.63) is 12.2 Å². The van der Waals surface area contributed by atoms with Gasteiger partial charge in [-0.25, -0.2) is 0 Å². The van der Waals surface area contributed by atoms with Crippen molar-refractivity contribution in [1.29, 1.82) is 0 Å². The summed E-state index contributed by atoms with van der Waals surface area (Å²) < 4.78 is 0. The Morgan fingerprint density at radius 3 is 2.50 bits per heavy atom. The molecule has 3 aliphatic rings. The van der Waals surface area contributed by atoms with Gasteiger partial charge in [-0.15, -0.1) is 0 Å². The largest absolute Gasteiger partial charge is 0.390 e. The van der Waals surface area contributed by atoms with Crippen LogP contribution in [0.4, 0.5) is 0 Å². The maximum Gasteiger partial charge on any atom is 0.0917 e. The molecule has 3 aliphatic carbocycles. The zero-order chi connectivity index (χ0) is 17.9. The summed E-state index contributed by atoms with van der Waals surface area (Å²) in [6.07, 6.45) is 8.10. The van der Waals surface area contributed by atoms with Crippen LogP contribution in [0.1, 0.15) is 53.4 Å². The number of hydrogen-bond acceptors (Lipinski definition) is 2. The summed E-state index contributed by atoms with van der Waals surface area (Å²) in [6.45, 7) is 8.86. The molecule has 0 heterocycles. The van der Waals surface area contributed by atoms with Crippen LogP contribution in [-0.4, -0.2) is 32.1 Å². The lowest BCUT2D eigenvalue weighted by molar-refractivity contribution is -0.214. The first kappa shape index (κ1) is 19.4. The molecule has 2 N–H and O–H groups in total. The van der Waals surface area contributed by atoms with E-state index in [9.17, 15) is 10.2 Å². The van der Waals surface area contributed by atoms with Crippen molar-refractivity contribution in [2.24, 2.45) is 34.5 Å². The third-order valence-corrected chi connectivity index (χ3v) is 10.3. The summed E-state index contributed by atoms with van der Waals surface area (Å²) in [5.74, 6) is 1.63. The van der Waals surface area contributed by atoms with Gasteiger partial charge in [0.15, 0.2) is 0 Å². The number of rotatable bonds is 2. The molecule has 3 rings (SSSR count). The number of alkyl halides is 2. The van der Waals surface area contributed by atoms with Crippen LogP contribution in [0.5, 0.6) is 0 Å². The number of allylic oxidation sites excluding steroid dienone is 2. The lowest BCUT2D eigenvalue weighted by Gasteiger charge is -2.66. The minimum atomic E-state index is -1.04. The maximum atomic E-state index is 11.4. The van der Waals surface area contributed by atoms with E-state index >= 15 is 0 Å². The Bertz CT molecular complexity index is 518. The van der Waals surface area contributed by atoms with E-state index in [1.165, 1.54) is 6.42 Å². The molecule has 0 aromatic rings. The Kier molecular flexibility index (Phi) is 5.13. The summed E-state index contributed by atoms with van der Waals surface area (Å²) in [7, 11) is 0. The van der Waals surface area contributed by atoms with Gasteiger partial charge in [-0.05, 0) is 61.2 Å². The van der Waals surface area contributed by atoms with Gasteiger partial charge < -0.3 is 10.2 Å². The van der Waals surface area contributed by atoms with Crippen LogP contribution in [0, 0.1) is 34.5 Å². The second kappa shape index (κ2) is 6.35. The predicted molar refractivity (Wildman–Crippen MR) is 107 cm³/mol. The molecule has 0 bridgehead atoms. The van der Waals surface area contributed by atoms with Crippen LogP contribution in [0.3, 0.4) is 0 Å². The average molecular weight is 464 g/mol. The SMILES string of the molecule is CC(C)[C@@H]1CC=CC2C3[C@](C)(O)[C@H](O)C[C@H](Br)[C@@]3(C)CC[C@@]21CBr. The van der Waals surface area contributed by atoms with Gasteiger partial charge in [-0.3, -0.25) is 0 Å². The van der Waals surface area contributed by atoms with Crippen molar-refractivity contribution in [2.45, 2.75) is 69.9 Å². The molecular formula is C20H32Br2O2. The molecule has 0 aromatic carbocycles. The van der Waals surface area contributed by atoms with Crippen LogP contribution in [-0.2, 0) is 0 Å². The molecule has 0 spiro atoms. The molecule has 0 saturated heterocycles. The highest BCUT2D eigenvalue weighted by Crippen LogP contribution is 2.67. The molecule has 2 nitrogen and oxygen atoms in total. The van der Waals surface area contributed by atoms with Crippen molar-refractivity contribution >= 4 is 31.9 Å². The molecule has 8 atom stereocenters. The van der Waals surface area contributed by atoms with Crippen molar-refractivity contribution < 1.29 is 10.2 Å². The van der Waals surface area contributed by atoms with E-state index in [0.29, 0.717) is 24.2 Å². The van der Waals surface area contributed by atoms with Gasteiger partial charge in [-0.2, -0.15) is 0 Å². The Labute approximate surface area is 163 Å². The van der Waals surface area contributed by atoms with E-state index in [0.717, 1.165) is 18.2 Å². The minimum absolute atomic E-state index is 0.0161. The number of aliphatic hydroxyl groups excluding tert-OH is 1. The fourth-order valence-corrected chi connectivity index (χ4v) is 8.33. The highest BCUT2D eigenvalue weighted by molar-refractivity contribution is 9.09. The molecule has 138 valence electrons. The standard InChI is InChI=1S/C20H32Br2O2/c1-12(2)13-6-5-7-14-17-18(3,8-9-20(13,14)11-21)15(22)10-16(23)19(17,4)24/h5,7,12-17,23-24H,6,8-11H2,1-4H3/t13-,14?,15-,16+,17?,18+,19+,20-/m0/s1. The van der Waals surface area contributed by atoms with Gasteiger partial charge in [0.1, 0.15) is 0 Å². The molecule has 0 radical (unpaired) electrons. The van der Waals surface area contributed by atoms with Crippen LogP contribution in [0.25, 0.3) is 0 Å². The fraction of sp³-hybridized carbons (Fsp3) is 0.900. The molecule has 2 fully saturated rings. The summed E-state index contributed by atoms with van der Waals surface area (Å²) in [6, 6.07) is 0. The number of halogens is 2. The third-order valence-electron chi connectivity index (χ3n) is 7.84. The van der Waals surface area contributed by atoms with Crippen LogP contribution >= 0.6 is 31.9 Å². The molecule has 24 heavy (non-hydrogen) atoms. The minimum Gasteiger partial charge on any atom is -0.390 e. The van der Waals surface area contributed by atoms with Gasteiger partial charge in [0.25, 0.3) is 0 Å². The number of fused-ring (bicyclic) bond motifs is 3. The molecule has 0 amide bonds. The van der Waals surface area contributed by atoms with E-state index < -0.39 is 11.7 Å². The lowest BCUT2D eigenvalue weighted by Crippen LogP contribution is -2.68. The molecule has 2 unspecified atom stereocenters. The molecule has 2 saturated carbocycles. The average Bonchev–Trinajstić information content (AvgIpc) is 2.52. The predicted octanol–water partition coefficient (Wildman–Crippen LogP) is 4.91. The van der Waals surface area contributed by atoms with Crippen molar-refractivity contribution in [2.75, 3.05) is 5.33 Å². The Morgan fingerprint density at radius 1 is 1.25 bits per heavy atom. The number of hydrogen-bond donors (Lipinski definition) is 2. The van der Waals surface area contributed by atoms with E-state index in [1.807, 2.05) is 6.92 Å². The summed E-state index contributed by atoms with van der Waals surface area (Å²) in [5.41, 5.74) is -0.843. The third kappa shape index (κ3) is 2.53. The monoisotopic (exact) mass is 462 g/mol. The number of aliphatic hydroxyl groups is 2. The Morgan fingerprint density at radius 2 is 1.92 bits per heavy atom. The van der Waals surface area contributed by atoms with Crippen LogP contribution in [0.15, 0.2) is 12.2 Å². The van der Waals surface area contributed by atoms with Crippen molar-refractivity contribution in [3.63, 3.8) is 0 Å². The van der Waals surface area contributed by atoms with Crippen molar-refractivity contribution in [3.8, 4) is 0 Å². The Hall–Kier alpha value is 0.620. The fourth-order valence-electron chi connectivity index (χ4n) is 6.39. The van der Waals surface area contributed by atoms with Gasteiger partial charge in [0, 0.05) is 16.1 Å². The van der Waals surface area contributed by atoms with Gasteiger partial charge >= 0.3 is 0 Å². The lowest BCUT2D eigenvalue weighted by atomic mass is 9.42. The zero-order valence-corrected chi connectivity index (χ0v) is 18.5. The molecule has 4 heteroatoms. The smallest absolute Gasteiger partial charge is 0.0917 e. The summed E-state index contributed by atoms with van der Waals surface area (Å²) in [5, 5.41) is 23.0. The van der Waals surface area contributed by atoms with Crippen LogP contribution in [0.2, 0.25) is 0 Å². The highest BCUT2D eigenvalue weighted by atomic mass is 79.9. The first-order valence-electron chi connectivity index (χ1n) is 9.38. The van der Waals surface area contributed by atoms with E-state index in [1.54, 1.807) is 0 Å². The van der Waals surface area contributed by atoms with E-state index in [-0.39, 0.29) is 21.6 Å². The Balaban J connectivity index is 2.13. The first-order valence-corrected chi connectivity index (χ1v) is 11.4. The maximum absolute atomic E-state index is 11.4. The second-order valence-electron chi connectivity index (χ2n) is 9.34. The van der Waals surface area contributed by atoms with E-state index in [2.05, 4.69) is 64.8 Å². The molecular weight excluding hydrogens is 432 g/mol. The normalized spacial score (nSPS) is 54.5. The zero-order valence-electron chi connectivity index (χ0n) is 15.3. The van der Waals surface area contributed by atoms with Crippen LogP contribution < -0.4 is 0 Å². The molecule has 0 aromatic heterocycles. The van der Waals surface area contributed by atoms with Gasteiger partial charge in [0.2, 0.25) is 0 Å². The summed E-state index contributed by atoms with van der Waals surface area (Å²) in [4.78, 5) is 0.256. The first-order chi connectivity index (χ1) is 11.1.